The topological polar surface area (TPSA) is 44.1 Å². The van der Waals surface area contributed by atoms with Crippen molar-refractivity contribution in [1.82, 2.24) is 4.90 Å². The second-order valence-electron chi connectivity index (χ2n) is 3.68. The zero-order valence-corrected chi connectivity index (χ0v) is 8.29. The van der Waals surface area contributed by atoms with Crippen molar-refractivity contribution in [3.8, 4) is 6.07 Å². The fourth-order valence-electron chi connectivity index (χ4n) is 1.33. The molecule has 0 spiro atoms. The minimum absolute atomic E-state index is 0.0531. The van der Waals surface area contributed by atoms with E-state index in [0.717, 1.165) is 19.4 Å². The standard InChI is InChI=1S/C10H16N2O/c1-3-12(7-8(2)6-11)10(13)9-4-5-9/h8-9H,3-5,7H2,1-2H3. The van der Waals surface area contributed by atoms with Gasteiger partial charge in [0.2, 0.25) is 5.91 Å². The normalized spacial score (nSPS) is 17.6. The molecule has 0 bridgehead atoms. The maximum atomic E-state index is 11.6. The van der Waals surface area contributed by atoms with Crippen molar-refractivity contribution in [2.75, 3.05) is 13.1 Å². The summed E-state index contributed by atoms with van der Waals surface area (Å²) in [7, 11) is 0. The molecule has 0 aromatic rings. The molecule has 1 rings (SSSR count). The summed E-state index contributed by atoms with van der Waals surface area (Å²) in [5, 5.41) is 8.63. The van der Waals surface area contributed by atoms with Crippen molar-refractivity contribution < 1.29 is 4.79 Å². The number of hydrogen-bond acceptors (Lipinski definition) is 2. The Kier molecular flexibility index (Phi) is 3.30. The first-order chi connectivity index (χ1) is 6.19. The number of nitrogens with zero attached hydrogens (tertiary/aromatic N) is 2. The molecule has 3 heteroatoms. The lowest BCUT2D eigenvalue weighted by Gasteiger charge is -2.21. The molecule has 0 N–H and O–H groups in total. The fourth-order valence-corrected chi connectivity index (χ4v) is 1.33. The Hall–Kier alpha value is -1.04. The lowest BCUT2D eigenvalue weighted by atomic mass is 10.2. The molecule has 0 radical (unpaired) electrons. The molecule has 0 aliphatic heterocycles. The maximum absolute atomic E-state index is 11.6. The highest BCUT2D eigenvalue weighted by atomic mass is 16.2. The predicted molar refractivity (Wildman–Crippen MR) is 49.8 cm³/mol. The van der Waals surface area contributed by atoms with Gasteiger partial charge >= 0.3 is 0 Å². The van der Waals surface area contributed by atoms with Crippen LogP contribution in [0.5, 0.6) is 0 Å². The third-order valence-corrected chi connectivity index (χ3v) is 2.33. The molecule has 1 unspecified atom stereocenters. The summed E-state index contributed by atoms with van der Waals surface area (Å²) < 4.78 is 0. The molecule has 13 heavy (non-hydrogen) atoms. The van der Waals surface area contributed by atoms with Gasteiger partial charge in [-0.1, -0.05) is 0 Å². The SMILES string of the molecule is CCN(CC(C)C#N)C(=O)C1CC1. The van der Waals surface area contributed by atoms with Crippen LogP contribution in [0.25, 0.3) is 0 Å². The van der Waals surface area contributed by atoms with E-state index in [4.69, 9.17) is 5.26 Å². The minimum atomic E-state index is -0.0531. The molecule has 72 valence electrons. The van der Waals surface area contributed by atoms with Gasteiger partial charge in [0.05, 0.1) is 12.0 Å². The summed E-state index contributed by atoms with van der Waals surface area (Å²) in [6.45, 7) is 5.12. The number of nitriles is 1. The molecule has 1 atom stereocenters. The van der Waals surface area contributed by atoms with E-state index < -0.39 is 0 Å². The monoisotopic (exact) mass is 180 g/mol. The van der Waals surface area contributed by atoms with Gasteiger partial charge in [0.15, 0.2) is 0 Å². The van der Waals surface area contributed by atoms with E-state index in [2.05, 4.69) is 6.07 Å². The van der Waals surface area contributed by atoms with E-state index in [9.17, 15) is 4.79 Å². The van der Waals surface area contributed by atoms with Crippen molar-refractivity contribution in [1.29, 1.82) is 5.26 Å². The molecule has 1 fully saturated rings. The molecular formula is C10H16N2O. The molecule has 0 aromatic heterocycles. The summed E-state index contributed by atoms with van der Waals surface area (Å²) in [6.07, 6.45) is 2.08. The average molecular weight is 180 g/mol. The summed E-state index contributed by atoms with van der Waals surface area (Å²) in [6, 6.07) is 2.15. The fraction of sp³-hybridized carbons (Fsp3) is 0.800. The quantitative estimate of drug-likeness (QED) is 0.656. The van der Waals surface area contributed by atoms with Crippen molar-refractivity contribution in [2.24, 2.45) is 11.8 Å². The van der Waals surface area contributed by atoms with Crippen LogP contribution in [0, 0.1) is 23.2 Å². The smallest absolute Gasteiger partial charge is 0.225 e. The second kappa shape index (κ2) is 4.27. The van der Waals surface area contributed by atoms with Crippen molar-refractivity contribution in [3.05, 3.63) is 0 Å². The van der Waals surface area contributed by atoms with Crippen LogP contribution in [0.2, 0.25) is 0 Å². The van der Waals surface area contributed by atoms with Gasteiger partial charge in [-0.15, -0.1) is 0 Å². The first kappa shape index (κ1) is 10.0. The third-order valence-electron chi connectivity index (χ3n) is 2.33. The van der Waals surface area contributed by atoms with E-state index in [-0.39, 0.29) is 17.7 Å². The van der Waals surface area contributed by atoms with Crippen molar-refractivity contribution in [3.63, 3.8) is 0 Å². The van der Waals surface area contributed by atoms with Crippen LogP contribution in [0.15, 0.2) is 0 Å². The van der Waals surface area contributed by atoms with Crippen LogP contribution < -0.4 is 0 Å². The predicted octanol–water partition coefficient (Wildman–Crippen LogP) is 1.40. The summed E-state index contributed by atoms with van der Waals surface area (Å²) in [4.78, 5) is 13.4. The van der Waals surface area contributed by atoms with Crippen LogP contribution in [0.4, 0.5) is 0 Å². The van der Waals surface area contributed by atoms with Crippen LogP contribution in [-0.4, -0.2) is 23.9 Å². The summed E-state index contributed by atoms with van der Waals surface area (Å²) >= 11 is 0. The Bertz CT molecular complexity index is 228. The Morgan fingerprint density at radius 2 is 2.31 bits per heavy atom. The molecule has 0 heterocycles. The van der Waals surface area contributed by atoms with Gasteiger partial charge in [0, 0.05) is 19.0 Å². The highest BCUT2D eigenvalue weighted by Crippen LogP contribution is 2.31. The Labute approximate surface area is 79.3 Å². The number of hydrogen-bond donors (Lipinski definition) is 0. The molecule has 1 aliphatic carbocycles. The minimum Gasteiger partial charge on any atom is -0.341 e. The third kappa shape index (κ3) is 2.73. The summed E-state index contributed by atoms with van der Waals surface area (Å²) in [5.74, 6) is 0.457. The highest BCUT2D eigenvalue weighted by molar-refractivity contribution is 5.81. The van der Waals surface area contributed by atoms with Crippen molar-refractivity contribution in [2.45, 2.75) is 26.7 Å². The number of carbonyl (C=O) groups excluding carboxylic acids is 1. The molecule has 1 aliphatic rings. The molecule has 0 aromatic carbocycles. The lowest BCUT2D eigenvalue weighted by molar-refractivity contribution is -0.132. The molecule has 1 amide bonds. The van der Waals surface area contributed by atoms with E-state index in [1.165, 1.54) is 0 Å². The average Bonchev–Trinajstić information content (AvgIpc) is 2.95. The van der Waals surface area contributed by atoms with E-state index in [1.807, 2.05) is 13.8 Å². The molecule has 3 nitrogen and oxygen atoms in total. The number of amides is 1. The van der Waals surface area contributed by atoms with E-state index in [0.29, 0.717) is 6.54 Å². The largest absolute Gasteiger partial charge is 0.341 e. The van der Waals surface area contributed by atoms with Crippen LogP contribution in [-0.2, 0) is 4.79 Å². The Morgan fingerprint density at radius 3 is 2.69 bits per heavy atom. The molecule has 0 saturated heterocycles. The van der Waals surface area contributed by atoms with Gasteiger partial charge in [-0.3, -0.25) is 4.79 Å². The van der Waals surface area contributed by atoms with Gasteiger partial charge in [0.1, 0.15) is 0 Å². The van der Waals surface area contributed by atoms with Gasteiger partial charge in [-0.2, -0.15) is 5.26 Å². The van der Waals surface area contributed by atoms with E-state index in [1.54, 1.807) is 4.90 Å². The van der Waals surface area contributed by atoms with Gasteiger partial charge in [-0.25, -0.2) is 0 Å². The summed E-state index contributed by atoms with van der Waals surface area (Å²) in [5.41, 5.74) is 0. The maximum Gasteiger partial charge on any atom is 0.225 e. The number of carbonyl (C=O) groups is 1. The Morgan fingerprint density at radius 1 is 1.69 bits per heavy atom. The lowest BCUT2D eigenvalue weighted by Crippen LogP contribution is -2.35. The van der Waals surface area contributed by atoms with Crippen LogP contribution in [0.3, 0.4) is 0 Å². The second-order valence-corrected chi connectivity index (χ2v) is 3.68. The van der Waals surface area contributed by atoms with Crippen LogP contribution >= 0.6 is 0 Å². The first-order valence-electron chi connectivity index (χ1n) is 4.87. The molecule has 1 saturated carbocycles. The van der Waals surface area contributed by atoms with Gasteiger partial charge < -0.3 is 4.90 Å². The number of rotatable bonds is 4. The van der Waals surface area contributed by atoms with Gasteiger partial charge in [0.25, 0.3) is 0 Å². The van der Waals surface area contributed by atoms with Crippen molar-refractivity contribution >= 4 is 5.91 Å². The first-order valence-corrected chi connectivity index (χ1v) is 4.87. The van der Waals surface area contributed by atoms with Crippen LogP contribution in [0.1, 0.15) is 26.7 Å². The zero-order chi connectivity index (χ0) is 9.84. The van der Waals surface area contributed by atoms with Gasteiger partial charge in [-0.05, 0) is 26.7 Å². The highest BCUT2D eigenvalue weighted by Gasteiger charge is 2.33. The Balaban J connectivity index is 2.42. The molecular weight excluding hydrogens is 164 g/mol. The zero-order valence-electron chi connectivity index (χ0n) is 8.29. The van der Waals surface area contributed by atoms with E-state index >= 15 is 0 Å².